The van der Waals surface area contributed by atoms with Crippen LogP contribution in [0.5, 0.6) is 5.75 Å². The topological polar surface area (TPSA) is 90.7 Å². The molecule has 2 aromatic rings. The zero-order valence-electron chi connectivity index (χ0n) is 15.2. The molecule has 7 nitrogen and oxygen atoms in total. The van der Waals surface area contributed by atoms with Crippen molar-refractivity contribution in [2.75, 3.05) is 7.11 Å². The predicted molar refractivity (Wildman–Crippen MR) is 95.4 cm³/mol. The Balaban J connectivity index is 1.83. The number of esters is 1. The lowest BCUT2D eigenvalue weighted by molar-refractivity contribution is -0.148. The van der Waals surface area contributed by atoms with Crippen LogP contribution in [0.2, 0.25) is 0 Å². The first-order valence-corrected chi connectivity index (χ1v) is 8.11. The smallest absolute Gasteiger partial charge is 0.328 e. The summed E-state index contributed by atoms with van der Waals surface area (Å²) >= 11 is 0. The zero-order valence-corrected chi connectivity index (χ0v) is 15.2. The Bertz CT molecular complexity index is 773. The number of ether oxygens (including phenoxy) is 2. The molecule has 1 aromatic heterocycles. The predicted octanol–water partition coefficient (Wildman–Crippen LogP) is 2.56. The number of rotatable bonds is 7. The molecule has 0 aliphatic carbocycles. The van der Waals surface area contributed by atoms with Gasteiger partial charge in [-0.3, -0.25) is 4.79 Å². The van der Waals surface area contributed by atoms with Crippen molar-refractivity contribution in [1.29, 1.82) is 0 Å². The van der Waals surface area contributed by atoms with Gasteiger partial charge in [0.15, 0.2) is 0 Å². The van der Waals surface area contributed by atoms with Gasteiger partial charge < -0.3 is 19.3 Å². The summed E-state index contributed by atoms with van der Waals surface area (Å²) < 4.78 is 15.3. The summed E-state index contributed by atoms with van der Waals surface area (Å²) in [6.07, 6.45) is 3.01. The maximum absolute atomic E-state index is 12.0. The van der Waals surface area contributed by atoms with Gasteiger partial charge in [-0.05, 0) is 44.5 Å². The fraction of sp³-hybridized carbons (Fsp3) is 0.316. The molecule has 1 amide bonds. The standard InChI is InChI=1S/C19H22N2O5/c1-12-17(14(3)26-21-12)11-25-19(23)13(2)20-18(22)10-7-15-5-8-16(24-4)9-6-15/h5-10,13H,11H2,1-4H3,(H,20,22)/b10-7+/t13-/m0/s1. The number of aryl methyl sites for hydroxylation is 2. The van der Waals surface area contributed by atoms with Gasteiger partial charge in [0.2, 0.25) is 5.91 Å². The normalized spacial score (nSPS) is 12.0. The summed E-state index contributed by atoms with van der Waals surface area (Å²) in [7, 11) is 1.59. The van der Waals surface area contributed by atoms with E-state index in [1.54, 1.807) is 46.1 Å². The van der Waals surface area contributed by atoms with E-state index in [1.807, 2.05) is 12.1 Å². The van der Waals surface area contributed by atoms with Gasteiger partial charge >= 0.3 is 5.97 Å². The molecule has 0 bridgehead atoms. The molecule has 0 unspecified atom stereocenters. The van der Waals surface area contributed by atoms with Crippen molar-refractivity contribution in [3.63, 3.8) is 0 Å². The van der Waals surface area contributed by atoms with E-state index >= 15 is 0 Å². The fourth-order valence-corrected chi connectivity index (χ4v) is 2.18. The summed E-state index contributed by atoms with van der Waals surface area (Å²) in [5.41, 5.74) is 2.25. The van der Waals surface area contributed by atoms with Crippen molar-refractivity contribution in [3.05, 3.63) is 52.9 Å². The van der Waals surface area contributed by atoms with Crippen molar-refractivity contribution in [2.24, 2.45) is 0 Å². The largest absolute Gasteiger partial charge is 0.497 e. The van der Waals surface area contributed by atoms with Gasteiger partial charge in [-0.25, -0.2) is 4.79 Å². The molecule has 2 rings (SSSR count). The Hall–Kier alpha value is -3.09. The first-order chi connectivity index (χ1) is 12.4. The molecule has 0 aliphatic heterocycles. The minimum Gasteiger partial charge on any atom is -0.497 e. The Kier molecular flexibility index (Phi) is 6.54. The minimum absolute atomic E-state index is 0.0574. The maximum Gasteiger partial charge on any atom is 0.328 e. The highest BCUT2D eigenvalue weighted by atomic mass is 16.5. The average molecular weight is 358 g/mol. The second kappa shape index (κ2) is 8.84. The van der Waals surface area contributed by atoms with Crippen LogP contribution >= 0.6 is 0 Å². The highest BCUT2D eigenvalue weighted by Gasteiger charge is 2.18. The van der Waals surface area contributed by atoms with Crippen molar-refractivity contribution < 1.29 is 23.6 Å². The molecule has 1 aromatic carbocycles. The van der Waals surface area contributed by atoms with E-state index in [-0.39, 0.29) is 12.5 Å². The number of carbonyl (C=O) groups excluding carboxylic acids is 2. The van der Waals surface area contributed by atoms with E-state index < -0.39 is 12.0 Å². The molecule has 1 N–H and O–H groups in total. The molecule has 0 saturated heterocycles. The van der Waals surface area contributed by atoms with E-state index in [9.17, 15) is 9.59 Å². The molecule has 138 valence electrons. The van der Waals surface area contributed by atoms with Crippen LogP contribution in [0.3, 0.4) is 0 Å². The van der Waals surface area contributed by atoms with Crippen molar-refractivity contribution in [1.82, 2.24) is 10.5 Å². The molecular weight excluding hydrogens is 336 g/mol. The van der Waals surface area contributed by atoms with Gasteiger partial charge in [0.25, 0.3) is 0 Å². The number of nitrogens with zero attached hydrogens (tertiary/aromatic N) is 1. The number of amides is 1. The second-order valence-electron chi connectivity index (χ2n) is 5.75. The molecule has 0 fully saturated rings. The van der Waals surface area contributed by atoms with E-state index in [4.69, 9.17) is 14.0 Å². The van der Waals surface area contributed by atoms with Crippen LogP contribution in [-0.4, -0.2) is 30.2 Å². The van der Waals surface area contributed by atoms with Crippen LogP contribution in [0.1, 0.15) is 29.5 Å². The van der Waals surface area contributed by atoms with E-state index in [2.05, 4.69) is 10.5 Å². The second-order valence-corrected chi connectivity index (χ2v) is 5.75. The molecule has 26 heavy (non-hydrogen) atoms. The fourth-order valence-electron chi connectivity index (χ4n) is 2.18. The third-order valence-electron chi connectivity index (χ3n) is 3.80. The van der Waals surface area contributed by atoms with E-state index in [0.29, 0.717) is 11.5 Å². The summed E-state index contributed by atoms with van der Waals surface area (Å²) in [6.45, 7) is 5.14. The molecule has 1 atom stereocenters. The summed E-state index contributed by atoms with van der Waals surface area (Å²) in [4.78, 5) is 24.0. The molecule has 0 saturated carbocycles. The minimum atomic E-state index is -0.775. The number of nitrogens with one attached hydrogen (secondary N) is 1. The summed E-state index contributed by atoms with van der Waals surface area (Å²) in [5, 5.41) is 6.37. The Morgan fingerprint density at radius 3 is 2.54 bits per heavy atom. The molecule has 0 radical (unpaired) electrons. The van der Waals surface area contributed by atoms with Gasteiger partial charge in [-0.15, -0.1) is 0 Å². The lowest BCUT2D eigenvalue weighted by atomic mass is 10.2. The third-order valence-corrected chi connectivity index (χ3v) is 3.80. The third kappa shape index (κ3) is 5.20. The average Bonchev–Trinajstić information content (AvgIpc) is 2.96. The van der Waals surface area contributed by atoms with Crippen LogP contribution in [0.25, 0.3) is 6.08 Å². The van der Waals surface area contributed by atoms with Crippen molar-refractivity contribution >= 4 is 18.0 Å². The number of benzene rings is 1. The van der Waals surface area contributed by atoms with Crippen molar-refractivity contribution in [3.8, 4) is 5.75 Å². The summed E-state index contributed by atoms with van der Waals surface area (Å²) in [5.74, 6) is 0.425. The van der Waals surface area contributed by atoms with Gasteiger partial charge in [-0.2, -0.15) is 0 Å². The molecular formula is C19H22N2O5. The number of hydrogen-bond donors (Lipinski definition) is 1. The number of hydrogen-bond acceptors (Lipinski definition) is 6. The first-order valence-electron chi connectivity index (χ1n) is 8.11. The van der Waals surface area contributed by atoms with Gasteiger partial charge in [-0.1, -0.05) is 17.3 Å². The molecule has 0 aliphatic rings. The SMILES string of the molecule is COc1ccc(/C=C/C(=O)N[C@@H](C)C(=O)OCc2c(C)noc2C)cc1. The molecule has 1 heterocycles. The Labute approximate surface area is 152 Å². The zero-order chi connectivity index (χ0) is 19.1. The van der Waals surface area contributed by atoms with Gasteiger partial charge in [0, 0.05) is 6.08 Å². The number of aromatic nitrogens is 1. The van der Waals surface area contributed by atoms with E-state index in [0.717, 1.165) is 16.9 Å². The Morgan fingerprint density at radius 1 is 1.27 bits per heavy atom. The van der Waals surface area contributed by atoms with Crippen LogP contribution < -0.4 is 10.1 Å². The Morgan fingerprint density at radius 2 is 1.96 bits per heavy atom. The first kappa shape index (κ1) is 19.2. The van der Waals surface area contributed by atoms with Gasteiger partial charge in [0.05, 0.1) is 18.4 Å². The monoisotopic (exact) mass is 358 g/mol. The quantitative estimate of drug-likeness (QED) is 0.604. The lowest BCUT2D eigenvalue weighted by Gasteiger charge is -2.12. The number of methoxy groups -OCH3 is 1. The highest BCUT2D eigenvalue weighted by Crippen LogP contribution is 2.14. The maximum atomic E-state index is 12.0. The van der Waals surface area contributed by atoms with E-state index in [1.165, 1.54) is 6.08 Å². The highest BCUT2D eigenvalue weighted by molar-refractivity contribution is 5.94. The molecule has 0 spiro atoms. The van der Waals surface area contributed by atoms with Crippen LogP contribution in [0.4, 0.5) is 0 Å². The lowest BCUT2D eigenvalue weighted by Crippen LogP contribution is -2.38. The summed E-state index contributed by atoms with van der Waals surface area (Å²) in [6, 6.07) is 6.47. The van der Waals surface area contributed by atoms with Crippen LogP contribution in [0.15, 0.2) is 34.9 Å². The number of carbonyl (C=O) groups is 2. The van der Waals surface area contributed by atoms with Crippen LogP contribution in [0, 0.1) is 13.8 Å². The van der Waals surface area contributed by atoms with Crippen LogP contribution in [-0.2, 0) is 20.9 Å². The molecule has 7 heteroatoms. The van der Waals surface area contributed by atoms with Crippen molar-refractivity contribution in [2.45, 2.75) is 33.4 Å². The van der Waals surface area contributed by atoms with Gasteiger partial charge in [0.1, 0.15) is 24.2 Å².